The number of hydrogen-bond donors (Lipinski definition) is 0. The van der Waals surface area contributed by atoms with Crippen molar-refractivity contribution >= 4 is 35.0 Å². The van der Waals surface area contributed by atoms with E-state index >= 15 is 0 Å². The normalized spacial score (nSPS) is 19.1. The van der Waals surface area contributed by atoms with Crippen LogP contribution in [-0.4, -0.2) is 40.7 Å². The second-order valence-electron chi connectivity index (χ2n) is 7.06. The monoisotopic (exact) mass is 402 g/mol. The zero-order valence-electron chi connectivity index (χ0n) is 14.8. The van der Waals surface area contributed by atoms with Crippen LogP contribution in [0.25, 0.3) is 0 Å². The molecule has 0 aliphatic carbocycles. The number of amides is 2. The molecule has 0 saturated carbocycles. The fourth-order valence-electron chi connectivity index (χ4n) is 3.98. The molecule has 2 aromatic rings. The van der Waals surface area contributed by atoms with Gasteiger partial charge >= 0.3 is 0 Å². The average molecular weight is 403 g/mol. The molecule has 1 atom stereocenters. The SMILES string of the molecule is O=C(C1CCCN1C(=O)c1cc(Cl)ccc1Cl)N1CCc2ccccc2C1. The van der Waals surface area contributed by atoms with Gasteiger partial charge < -0.3 is 9.80 Å². The molecule has 0 aromatic heterocycles. The Morgan fingerprint density at radius 2 is 1.78 bits per heavy atom. The second kappa shape index (κ2) is 7.53. The number of benzene rings is 2. The molecular formula is C21H20Cl2N2O2. The van der Waals surface area contributed by atoms with Crippen LogP contribution in [0, 0.1) is 0 Å². The van der Waals surface area contributed by atoms with Crippen LogP contribution >= 0.6 is 23.2 Å². The van der Waals surface area contributed by atoms with Gasteiger partial charge in [-0.2, -0.15) is 0 Å². The summed E-state index contributed by atoms with van der Waals surface area (Å²) in [6, 6.07) is 12.6. The van der Waals surface area contributed by atoms with Crippen molar-refractivity contribution in [2.24, 2.45) is 0 Å². The van der Waals surface area contributed by atoms with Crippen LogP contribution < -0.4 is 0 Å². The lowest BCUT2D eigenvalue weighted by molar-refractivity contribution is -0.136. The largest absolute Gasteiger partial charge is 0.336 e. The third kappa shape index (κ3) is 3.56. The summed E-state index contributed by atoms with van der Waals surface area (Å²) in [6.07, 6.45) is 2.34. The molecule has 4 rings (SSSR count). The first-order valence-electron chi connectivity index (χ1n) is 9.16. The molecule has 2 aliphatic rings. The lowest BCUT2D eigenvalue weighted by Crippen LogP contribution is -2.49. The third-order valence-electron chi connectivity index (χ3n) is 5.40. The predicted octanol–water partition coefficient (Wildman–Crippen LogP) is 4.18. The van der Waals surface area contributed by atoms with Crippen LogP contribution in [0.15, 0.2) is 42.5 Å². The molecule has 2 heterocycles. The highest BCUT2D eigenvalue weighted by atomic mass is 35.5. The van der Waals surface area contributed by atoms with Gasteiger partial charge in [0.25, 0.3) is 5.91 Å². The van der Waals surface area contributed by atoms with E-state index in [9.17, 15) is 9.59 Å². The molecule has 2 aromatic carbocycles. The molecule has 140 valence electrons. The van der Waals surface area contributed by atoms with Crippen molar-refractivity contribution in [1.82, 2.24) is 9.80 Å². The number of hydrogen-bond acceptors (Lipinski definition) is 2. The molecule has 6 heteroatoms. The minimum atomic E-state index is -0.433. The Labute approximate surface area is 168 Å². The van der Waals surface area contributed by atoms with E-state index in [4.69, 9.17) is 23.2 Å². The van der Waals surface area contributed by atoms with Gasteiger partial charge in [-0.05, 0) is 48.6 Å². The zero-order valence-corrected chi connectivity index (χ0v) is 16.3. The molecule has 2 amide bonds. The summed E-state index contributed by atoms with van der Waals surface area (Å²) in [6.45, 7) is 1.85. The molecule has 0 N–H and O–H groups in total. The third-order valence-corrected chi connectivity index (χ3v) is 5.96. The van der Waals surface area contributed by atoms with Gasteiger partial charge in [-0.25, -0.2) is 0 Å². The van der Waals surface area contributed by atoms with Crippen molar-refractivity contribution in [2.45, 2.75) is 31.8 Å². The van der Waals surface area contributed by atoms with E-state index < -0.39 is 6.04 Å². The van der Waals surface area contributed by atoms with Gasteiger partial charge in [0, 0.05) is 24.7 Å². The topological polar surface area (TPSA) is 40.6 Å². The molecule has 0 bridgehead atoms. The molecule has 2 aliphatic heterocycles. The summed E-state index contributed by atoms with van der Waals surface area (Å²) in [5.74, 6) is -0.204. The Morgan fingerprint density at radius 3 is 2.59 bits per heavy atom. The van der Waals surface area contributed by atoms with E-state index in [0.717, 1.165) is 12.8 Å². The average Bonchev–Trinajstić information content (AvgIpc) is 3.18. The van der Waals surface area contributed by atoms with E-state index in [1.807, 2.05) is 17.0 Å². The Bertz CT molecular complexity index is 900. The highest BCUT2D eigenvalue weighted by Gasteiger charge is 2.38. The maximum atomic E-state index is 13.2. The number of halogens is 2. The first-order chi connectivity index (χ1) is 13.0. The standard InChI is InChI=1S/C21H20Cl2N2O2/c22-16-7-8-18(23)17(12-16)20(26)25-10-3-6-19(25)21(27)24-11-9-14-4-1-2-5-15(14)13-24/h1-2,4-5,7-8,12,19H,3,6,9-11,13H2. The van der Waals surface area contributed by atoms with Crippen LogP contribution in [0.1, 0.15) is 34.3 Å². The van der Waals surface area contributed by atoms with Gasteiger partial charge in [-0.3, -0.25) is 9.59 Å². The maximum absolute atomic E-state index is 13.2. The summed E-state index contributed by atoms with van der Waals surface area (Å²) in [7, 11) is 0. The maximum Gasteiger partial charge on any atom is 0.256 e. The molecule has 0 spiro atoms. The molecular weight excluding hydrogens is 383 g/mol. The number of likely N-dealkylation sites (tertiary alicyclic amines) is 1. The van der Waals surface area contributed by atoms with E-state index in [-0.39, 0.29) is 11.8 Å². The Balaban J connectivity index is 1.54. The van der Waals surface area contributed by atoms with Crippen molar-refractivity contribution in [2.75, 3.05) is 13.1 Å². The minimum Gasteiger partial charge on any atom is -0.336 e. The lowest BCUT2D eigenvalue weighted by Gasteiger charge is -2.33. The van der Waals surface area contributed by atoms with Gasteiger partial charge in [0.05, 0.1) is 10.6 Å². The van der Waals surface area contributed by atoms with E-state index in [1.165, 1.54) is 11.1 Å². The number of rotatable bonds is 2. The van der Waals surface area contributed by atoms with Crippen molar-refractivity contribution in [3.8, 4) is 0 Å². The summed E-state index contributed by atoms with van der Waals surface area (Å²) in [4.78, 5) is 29.7. The number of carbonyl (C=O) groups is 2. The fraction of sp³-hybridized carbons (Fsp3) is 0.333. The molecule has 0 radical (unpaired) electrons. The number of carbonyl (C=O) groups excluding carboxylic acids is 2. The van der Waals surface area contributed by atoms with Crippen molar-refractivity contribution in [3.63, 3.8) is 0 Å². The molecule has 1 fully saturated rings. The Kier molecular flexibility index (Phi) is 5.11. The second-order valence-corrected chi connectivity index (χ2v) is 7.90. The van der Waals surface area contributed by atoms with Crippen LogP contribution in [-0.2, 0) is 17.8 Å². The lowest BCUT2D eigenvalue weighted by atomic mass is 9.99. The van der Waals surface area contributed by atoms with Crippen LogP contribution in [0.4, 0.5) is 0 Å². The summed E-state index contributed by atoms with van der Waals surface area (Å²) in [5, 5.41) is 0.812. The fourth-order valence-corrected chi connectivity index (χ4v) is 4.35. The van der Waals surface area contributed by atoms with Crippen molar-refractivity contribution in [1.29, 1.82) is 0 Å². The summed E-state index contributed by atoms with van der Waals surface area (Å²) < 4.78 is 0. The van der Waals surface area contributed by atoms with E-state index in [1.54, 1.807) is 23.1 Å². The Hall–Kier alpha value is -2.04. The molecule has 1 saturated heterocycles. The number of fused-ring (bicyclic) bond motifs is 1. The first-order valence-corrected chi connectivity index (χ1v) is 9.92. The molecule has 27 heavy (non-hydrogen) atoms. The number of nitrogens with zero attached hydrogens (tertiary/aromatic N) is 2. The quantitative estimate of drug-likeness (QED) is 0.755. The minimum absolute atomic E-state index is 0.0218. The van der Waals surface area contributed by atoms with Crippen molar-refractivity contribution < 1.29 is 9.59 Å². The van der Waals surface area contributed by atoms with E-state index in [0.29, 0.717) is 41.7 Å². The zero-order chi connectivity index (χ0) is 19.0. The summed E-state index contributed by atoms with van der Waals surface area (Å²) >= 11 is 12.2. The van der Waals surface area contributed by atoms with Crippen molar-refractivity contribution in [3.05, 3.63) is 69.2 Å². The Morgan fingerprint density at radius 1 is 1.00 bits per heavy atom. The van der Waals surface area contributed by atoms with Crippen LogP contribution in [0.3, 0.4) is 0 Å². The van der Waals surface area contributed by atoms with Gasteiger partial charge in [-0.1, -0.05) is 47.5 Å². The highest BCUT2D eigenvalue weighted by Crippen LogP contribution is 2.28. The van der Waals surface area contributed by atoms with Gasteiger partial charge in [-0.15, -0.1) is 0 Å². The molecule has 4 nitrogen and oxygen atoms in total. The van der Waals surface area contributed by atoms with E-state index in [2.05, 4.69) is 12.1 Å². The first kappa shape index (κ1) is 18.3. The predicted molar refractivity (Wildman–Crippen MR) is 106 cm³/mol. The van der Waals surface area contributed by atoms with Gasteiger partial charge in [0.15, 0.2) is 0 Å². The van der Waals surface area contributed by atoms with Gasteiger partial charge in [0.2, 0.25) is 5.91 Å². The molecule has 1 unspecified atom stereocenters. The summed E-state index contributed by atoms with van der Waals surface area (Å²) in [5.41, 5.74) is 2.84. The smallest absolute Gasteiger partial charge is 0.256 e. The highest BCUT2D eigenvalue weighted by molar-refractivity contribution is 6.35. The van der Waals surface area contributed by atoms with Crippen LogP contribution in [0.5, 0.6) is 0 Å². The van der Waals surface area contributed by atoms with Crippen LogP contribution in [0.2, 0.25) is 10.0 Å². The van der Waals surface area contributed by atoms with Gasteiger partial charge in [0.1, 0.15) is 6.04 Å².